The molecule has 0 saturated heterocycles. The molecule has 1 aromatic carbocycles. The summed E-state index contributed by atoms with van der Waals surface area (Å²) in [6, 6.07) is 12.8. The molecule has 104 valence electrons. The lowest BCUT2D eigenvalue weighted by atomic mass is 10.1. The fourth-order valence-electron chi connectivity index (χ4n) is 1.68. The maximum absolute atomic E-state index is 11.2. The summed E-state index contributed by atoms with van der Waals surface area (Å²) in [7, 11) is 0. The highest BCUT2D eigenvalue weighted by Crippen LogP contribution is 2.19. The third-order valence-corrected chi connectivity index (χ3v) is 2.79. The lowest BCUT2D eigenvalue weighted by molar-refractivity contribution is -0.148. The van der Waals surface area contributed by atoms with Gasteiger partial charge in [-0.15, -0.1) is 0 Å². The van der Waals surface area contributed by atoms with Crippen LogP contribution in [0.25, 0.3) is 0 Å². The number of pyridine rings is 1. The first-order valence-electron chi connectivity index (χ1n) is 6.11. The van der Waals surface area contributed by atoms with Crippen LogP contribution in [-0.4, -0.2) is 17.6 Å². The van der Waals surface area contributed by atoms with E-state index in [0.29, 0.717) is 10.9 Å². The van der Waals surface area contributed by atoms with E-state index in [0.717, 1.165) is 5.56 Å². The molecule has 2 aromatic rings. The third-order valence-electron chi connectivity index (χ3n) is 2.56. The molecule has 2 rings (SSSR count). The zero-order valence-corrected chi connectivity index (χ0v) is 11.7. The Bertz CT molecular complexity index is 557. The summed E-state index contributed by atoms with van der Waals surface area (Å²) in [5.41, 5.74) is 0.872. The fourth-order valence-corrected chi connectivity index (χ4v) is 1.79. The van der Waals surface area contributed by atoms with Crippen molar-refractivity contribution in [3.63, 3.8) is 0 Å². The van der Waals surface area contributed by atoms with E-state index in [1.165, 1.54) is 13.1 Å². The predicted octanol–water partition coefficient (Wildman–Crippen LogP) is 3.42. The van der Waals surface area contributed by atoms with Crippen LogP contribution in [0, 0.1) is 0 Å². The minimum atomic E-state index is -0.467. The molecule has 0 aliphatic heterocycles. The number of aromatic nitrogens is 1. The molecule has 5 heteroatoms. The number of esters is 1. The van der Waals surface area contributed by atoms with Gasteiger partial charge < -0.3 is 9.47 Å². The zero-order chi connectivity index (χ0) is 14.4. The molecule has 0 aliphatic rings. The molecule has 0 aliphatic carbocycles. The number of ether oxygens (including phenoxy) is 2. The molecule has 0 unspecified atom stereocenters. The summed E-state index contributed by atoms with van der Waals surface area (Å²) in [5.74, 6) is 0.0778. The van der Waals surface area contributed by atoms with Crippen molar-refractivity contribution >= 4 is 17.6 Å². The molecule has 20 heavy (non-hydrogen) atoms. The van der Waals surface area contributed by atoms with Crippen LogP contribution in [0.4, 0.5) is 0 Å². The van der Waals surface area contributed by atoms with E-state index in [9.17, 15) is 4.79 Å². The van der Waals surface area contributed by atoms with Crippen molar-refractivity contribution in [1.82, 2.24) is 4.98 Å². The van der Waals surface area contributed by atoms with Gasteiger partial charge in [0.1, 0.15) is 6.61 Å². The Kier molecular flexibility index (Phi) is 4.96. The maximum atomic E-state index is 11.2. The van der Waals surface area contributed by atoms with Gasteiger partial charge in [-0.3, -0.25) is 4.79 Å². The van der Waals surface area contributed by atoms with E-state index in [1.807, 2.05) is 30.3 Å². The first kappa shape index (κ1) is 14.3. The highest BCUT2D eigenvalue weighted by atomic mass is 35.5. The van der Waals surface area contributed by atoms with E-state index in [-0.39, 0.29) is 12.6 Å². The van der Waals surface area contributed by atoms with Crippen molar-refractivity contribution in [3.8, 4) is 5.88 Å². The molecule has 0 fully saturated rings. The van der Waals surface area contributed by atoms with Gasteiger partial charge in [0.05, 0.1) is 5.02 Å². The SMILES string of the molecule is CC(=O)O[C@H](COc1ccc(Cl)cn1)c1ccccc1. The Morgan fingerprint density at radius 1 is 1.25 bits per heavy atom. The molecule has 1 heterocycles. The highest BCUT2D eigenvalue weighted by Gasteiger charge is 2.15. The van der Waals surface area contributed by atoms with Crippen LogP contribution in [0.3, 0.4) is 0 Å². The van der Waals surface area contributed by atoms with E-state index < -0.39 is 6.10 Å². The molecular weight excluding hydrogens is 278 g/mol. The minimum Gasteiger partial charge on any atom is -0.473 e. The Morgan fingerprint density at radius 3 is 2.60 bits per heavy atom. The molecule has 1 atom stereocenters. The van der Waals surface area contributed by atoms with Gasteiger partial charge in [-0.25, -0.2) is 4.98 Å². The molecular formula is C15H14ClNO3. The molecule has 4 nitrogen and oxygen atoms in total. The predicted molar refractivity (Wildman–Crippen MR) is 75.7 cm³/mol. The Balaban J connectivity index is 2.04. The van der Waals surface area contributed by atoms with E-state index in [2.05, 4.69) is 4.98 Å². The number of carbonyl (C=O) groups excluding carboxylic acids is 1. The standard InChI is InChI=1S/C15H14ClNO3/c1-11(18)20-14(12-5-3-2-4-6-12)10-19-15-8-7-13(16)9-17-15/h2-9,14H,10H2,1H3/t14-/m1/s1. The second-order valence-electron chi connectivity index (χ2n) is 4.13. The molecule has 0 radical (unpaired) electrons. The number of benzene rings is 1. The van der Waals surface area contributed by atoms with Crippen LogP contribution >= 0.6 is 11.6 Å². The van der Waals surface area contributed by atoms with E-state index in [4.69, 9.17) is 21.1 Å². The summed E-state index contributed by atoms with van der Waals surface area (Å²) in [5, 5.41) is 0.539. The van der Waals surface area contributed by atoms with Crippen LogP contribution in [0.15, 0.2) is 48.7 Å². The van der Waals surface area contributed by atoms with E-state index >= 15 is 0 Å². The summed E-state index contributed by atoms with van der Waals surface area (Å²) in [6.45, 7) is 1.56. The summed E-state index contributed by atoms with van der Waals surface area (Å²) >= 11 is 5.75. The number of nitrogens with zero attached hydrogens (tertiary/aromatic N) is 1. The van der Waals surface area contributed by atoms with Crippen LogP contribution in [0.1, 0.15) is 18.6 Å². The van der Waals surface area contributed by atoms with Crippen molar-refractivity contribution in [2.75, 3.05) is 6.61 Å². The summed E-state index contributed by atoms with van der Waals surface area (Å²) in [4.78, 5) is 15.2. The van der Waals surface area contributed by atoms with Gasteiger partial charge in [0.2, 0.25) is 5.88 Å². The summed E-state index contributed by atoms with van der Waals surface area (Å²) < 4.78 is 10.8. The summed E-state index contributed by atoms with van der Waals surface area (Å²) in [6.07, 6.45) is 1.03. The fraction of sp³-hybridized carbons (Fsp3) is 0.200. The first-order valence-corrected chi connectivity index (χ1v) is 6.49. The maximum Gasteiger partial charge on any atom is 0.303 e. The monoisotopic (exact) mass is 291 g/mol. The lowest BCUT2D eigenvalue weighted by Gasteiger charge is -2.17. The molecule has 0 N–H and O–H groups in total. The van der Waals surface area contributed by atoms with Gasteiger partial charge in [0, 0.05) is 19.2 Å². The Hall–Kier alpha value is -2.07. The molecule has 0 amide bonds. The van der Waals surface area contributed by atoms with Gasteiger partial charge in [0.25, 0.3) is 0 Å². The van der Waals surface area contributed by atoms with Crippen molar-refractivity contribution < 1.29 is 14.3 Å². The van der Waals surface area contributed by atoms with Crippen LogP contribution in [0.2, 0.25) is 5.02 Å². The second kappa shape index (κ2) is 6.91. The first-order chi connectivity index (χ1) is 9.65. The van der Waals surface area contributed by atoms with Crippen molar-refractivity contribution in [1.29, 1.82) is 0 Å². The lowest BCUT2D eigenvalue weighted by Crippen LogP contribution is -2.16. The average molecular weight is 292 g/mol. The van der Waals surface area contributed by atoms with Crippen molar-refractivity contribution in [2.24, 2.45) is 0 Å². The molecule has 0 bridgehead atoms. The largest absolute Gasteiger partial charge is 0.473 e. The number of hydrogen-bond acceptors (Lipinski definition) is 4. The van der Waals surface area contributed by atoms with Crippen LogP contribution < -0.4 is 4.74 Å². The zero-order valence-electron chi connectivity index (χ0n) is 11.0. The second-order valence-corrected chi connectivity index (χ2v) is 4.57. The molecule has 0 spiro atoms. The molecule has 1 aromatic heterocycles. The Labute approximate surface area is 122 Å². The van der Waals surface area contributed by atoms with Gasteiger partial charge in [-0.1, -0.05) is 41.9 Å². The average Bonchev–Trinajstić information content (AvgIpc) is 2.46. The topological polar surface area (TPSA) is 48.4 Å². The number of hydrogen-bond donors (Lipinski definition) is 0. The van der Waals surface area contributed by atoms with Gasteiger partial charge >= 0.3 is 5.97 Å². The van der Waals surface area contributed by atoms with Gasteiger partial charge in [0.15, 0.2) is 6.10 Å². The number of halogens is 1. The van der Waals surface area contributed by atoms with E-state index in [1.54, 1.807) is 12.1 Å². The number of carbonyl (C=O) groups is 1. The van der Waals surface area contributed by atoms with Crippen molar-refractivity contribution in [2.45, 2.75) is 13.0 Å². The minimum absolute atomic E-state index is 0.193. The smallest absolute Gasteiger partial charge is 0.303 e. The highest BCUT2D eigenvalue weighted by molar-refractivity contribution is 6.30. The van der Waals surface area contributed by atoms with Crippen LogP contribution in [-0.2, 0) is 9.53 Å². The Morgan fingerprint density at radius 2 is 2.00 bits per heavy atom. The van der Waals surface area contributed by atoms with Gasteiger partial charge in [-0.05, 0) is 11.6 Å². The van der Waals surface area contributed by atoms with Gasteiger partial charge in [-0.2, -0.15) is 0 Å². The molecule has 0 saturated carbocycles. The quantitative estimate of drug-likeness (QED) is 0.792. The number of rotatable bonds is 5. The third kappa shape index (κ3) is 4.24. The van der Waals surface area contributed by atoms with Crippen molar-refractivity contribution in [3.05, 3.63) is 59.2 Å². The van der Waals surface area contributed by atoms with Crippen LogP contribution in [0.5, 0.6) is 5.88 Å². The normalized spacial score (nSPS) is 11.7.